The van der Waals surface area contributed by atoms with Crippen LogP contribution in [-0.2, 0) is 0 Å². The van der Waals surface area contributed by atoms with Gasteiger partial charge in [-0.1, -0.05) is 17.7 Å². The second-order valence-electron chi connectivity index (χ2n) is 4.42. The van der Waals surface area contributed by atoms with Crippen LogP contribution in [0.1, 0.15) is 30.3 Å². The first kappa shape index (κ1) is 10.4. The quantitative estimate of drug-likeness (QED) is 0.845. The maximum Gasteiger partial charge on any atom is 0.192 e. The van der Waals surface area contributed by atoms with E-state index in [2.05, 4.69) is 27.7 Å². The van der Waals surface area contributed by atoms with Gasteiger partial charge >= 0.3 is 0 Å². The lowest BCUT2D eigenvalue weighted by Gasteiger charge is -2.02. The van der Waals surface area contributed by atoms with Crippen molar-refractivity contribution in [3.8, 4) is 5.69 Å². The molecule has 1 N–H and O–H groups in total. The Labute approximate surface area is 99.8 Å². The van der Waals surface area contributed by atoms with Crippen LogP contribution >= 0.6 is 0 Å². The molecule has 0 aliphatic carbocycles. The minimum Gasteiger partial charge on any atom is -0.307 e. The van der Waals surface area contributed by atoms with Gasteiger partial charge in [0, 0.05) is 0 Å². The van der Waals surface area contributed by atoms with Crippen molar-refractivity contribution in [1.82, 2.24) is 25.5 Å². The number of tetrazole rings is 1. The number of hydrogen-bond donors (Lipinski definition) is 1. The van der Waals surface area contributed by atoms with Crippen LogP contribution in [0.5, 0.6) is 0 Å². The molecule has 0 spiro atoms. The van der Waals surface area contributed by atoms with Crippen molar-refractivity contribution in [2.24, 2.45) is 0 Å². The molecule has 1 fully saturated rings. The molecule has 1 saturated heterocycles. The predicted molar refractivity (Wildman–Crippen MR) is 63.9 cm³/mol. The monoisotopic (exact) mass is 229 g/mol. The van der Waals surface area contributed by atoms with Crippen LogP contribution in [0.15, 0.2) is 24.3 Å². The predicted octanol–water partition coefficient (Wildman–Crippen LogP) is 1.40. The van der Waals surface area contributed by atoms with E-state index < -0.39 is 0 Å². The maximum absolute atomic E-state index is 4.42. The van der Waals surface area contributed by atoms with Gasteiger partial charge in [-0.25, -0.2) is 0 Å². The fourth-order valence-electron chi connectivity index (χ4n) is 2.06. The number of aromatic nitrogens is 4. The molecule has 0 radical (unpaired) electrons. The van der Waals surface area contributed by atoms with Gasteiger partial charge < -0.3 is 5.32 Å². The standard InChI is InChI=1S/C12H15N5/c1-9-4-6-10(7-5-9)17-15-12(14-16-17)11-3-2-8-13-11/h4-7,11,13H,2-3,8H2,1H3. The normalized spacial score (nSPS) is 19.7. The second kappa shape index (κ2) is 4.25. The van der Waals surface area contributed by atoms with Crippen LogP contribution in [0, 0.1) is 6.92 Å². The van der Waals surface area contributed by atoms with Crippen molar-refractivity contribution in [2.75, 3.05) is 6.54 Å². The Morgan fingerprint density at radius 1 is 1.29 bits per heavy atom. The molecule has 1 aliphatic rings. The number of benzene rings is 1. The molecule has 5 heteroatoms. The highest BCUT2D eigenvalue weighted by molar-refractivity contribution is 5.31. The minimum atomic E-state index is 0.272. The Hall–Kier alpha value is -1.75. The average Bonchev–Trinajstić information content (AvgIpc) is 3.00. The molecule has 88 valence electrons. The summed E-state index contributed by atoms with van der Waals surface area (Å²) in [5.41, 5.74) is 2.18. The maximum atomic E-state index is 4.42. The zero-order chi connectivity index (χ0) is 11.7. The van der Waals surface area contributed by atoms with Gasteiger partial charge in [-0.3, -0.25) is 0 Å². The van der Waals surface area contributed by atoms with E-state index in [4.69, 9.17) is 0 Å². The van der Waals surface area contributed by atoms with E-state index in [0.29, 0.717) is 0 Å². The number of nitrogens with zero attached hydrogens (tertiary/aromatic N) is 4. The zero-order valence-electron chi connectivity index (χ0n) is 9.80. The van der Waals surface area contributed by atoms with Crippen molar-refractivity contribution in [3.05, 3.63) is 35.7 Å². The molecule has 5 nitrogen and oxygen atoms in total. The Balaban J connectivity index is 1.86. The number of nitrogens with one attached hydrogen (secondary N) is 1. The Bertz CT molecular complexity index is 496. The third kappa shape index (κ3) is 2.06. The average molecular weight is 229 g/mol. The molecule has 0 amide bonds. The van der Waals surface area contributed by atoms with Crippen LogP contribution in [0.3, 0.4) is 0 Å². The fraction of sp³-hybridized carbons (Fsp3) is 0.417. The molecule has 3 rings (SSSR count). The molecule has 1 aromatic heterocycles. The van der Waals surface area contributed by atoms with Crippen LogP contribution in [0.25, 0.3) is 5.69 Å². The van der Waals surface area contributed by atoms with Gasteiger partial charge in [0.1, 0.15) is 0 Å². The molecule has 0 bridgehead atoms. The van der Waals surface area contributed by atoms with E-state index in [1.807, 2.05) is 24.3 Å². The van der Waals surface area contributed by atoms with E-state index in [1.165, 1.54) is 12.0 Å². The second-order valence-corrected chi connectivity index (χ2v) is 4.42. The van der Waals surface area contributed by atoms with Gasteiger partial charge in [0.25, 0.3) is 0 Å². The van der Waals surface area contributed by atoms with Gasteiger partial charge in [-0.15, -0.1) is 15.0 Å². The summed E-state index contributed by atoms with van der Waals surface area (Å²) >= 11 is 0. The molecular weight excluding hydrogens is 214 g/mol. The van der Waals surface area contributed by atoms with Crippen LogP contribution in [0.2, 0.25) is 0 Å². The first-order chi connectivity index (χ1) is 8.33. The van der Waals surface area contributed by atoms with E-state index in [0.717, 1.165) is 24.5 Å². The van der Waals surface area contributed by atoms with Gasteiger partial charge in [0.05, 0.1) is 11.7 Å². The minimum absolute atomic E-state index is 0.272. The summed E-state index contributed by atoms with van der Waals surface area (Å²) in [6.07, 6.45) is 2.28. The Morgan fingerprint density at radius 2 is 2.12 bits per heavy atom. The third-order valence-corrected chi connectivity index (χ3v) is 3.07. The smallest absolute Gasteiger partial charge is 0.192 e. The topological polar surface area (TPSA) is 55.6 Å². The van der Waals surface area contributed by atoms with E-state index in [-0.39, 0.29) is 6.04 Å². The number of rotatable bonds is 2. The highest BCUT2D eigenvalue weighted by atomic mass is 15.6. The summed E-state index contributed by atoms with van der Waals surface area (Å²) in [5, 5.41) is 16.0. The lowest BCUT2D eigenvalue weighted by molar-refractivity contribution is 0.602. The van der Waals surface area contributed by atoms with E-state index in [9.17, 15) is 0 Å². The van der Waals surface area contributed by atoms with Gasteiger partial charge in [0.2, 0.25) is 0 Å². The summed E-state index contributed by atoms with van der Waals surface area (Å²) in [6.45, 7) is 3.11. The van der Waals surface area contributed by atoms with Crippen LogP contribution in [-0.4, -0.2) is 26.8 Å². The summed E-state index contributed by atoms with van der Waals surface area (Å²) < 4.78 is 0. The van der Waals surface area contributed by atoms with Crippen molar-refractivity contribution in [1.29, 1.82) is 0 Å². The molecule has 17 heavy (non-hydrogen) atoms. The summed E-state index contributed by atoms with van der Waals surface area (Å²) in [7, 11) is 0. The highest BCUT2D eigenvalue weighted by Crippen LogP contribution is 2.19. The first-order valence-electron chi connectivity index (χ1n) is 5.93. The van der Waals surface area contributed by atoms with Crippen molar-refractivity contribution >= 4 is 0 Å². The first-order valence-corrected chi connectivity index (χ1v) is 5.93. The summed E-state index contributed by atoms with van der Waals surface area (Å²) in [4.78, 5) is 1.59. The van der Waals surface area contributed by atoms with Crippen LogP contribution < -0.4 is 5.32 Å². The molecule has 2 heterocycles. The molecule has 0 saturated carbocycles. The zero-order valence-corrected chi connectivity index (χ0v) is 9.80. The highest BCUT2D eigenvalue weighted by Gasteiger charge is 2.20. The molecule has 2 aromatic rings. The van der Waals surface area contributed by atoms with Crippen molar-refractivity contribution in [2.45, 2.75) is 25.8 Å². The Kier molecular flexibility index (Phi) is 2.60. The van der Waals surface area contributed by atoms with Crippen LogP contribution in [0.4, 0.5) is 0 Å². The molecule has 1 unspecified atom stereocenters. The number of hydrogen-bond acceptors (Lipinski definition) is 4. The van der Waals surface area contributed by atoms with Crippen molar-refractivity contribution in [3.63, 3.8) is 0 Å². The van der Waals surface area contributed by atoms with Crippen molar-refractivity contribution < 1.29 is 0 Å². The van der Waals surface area contributed by atoms with Gasteiger partial charge in [0.15, 0.2) is 5.82 Å². The largest absolute Gasteiger partial charge is 0.307 e. The molecule has 1 aromatic carbocycles. The summed E-state index contributed by atoms with van der Waals surface area (Å²) in [5.74, 6) is 0.795. The summed E-state index contributed by atoms with van der Waals surface area (Å²) in [6, 6.07) is 8.37. The molecule has 1 aliphatic heterocycles. The number of aryl methyl sites for hydroxylation is 1. The van der Waals surface area contributed by atoms with E-state index >= 15 is 0 Å². The van der Waals surface area contributed by atoms with E-state index in [1.54, 1.807) is 4.80 Å². The molecular formula is C12H15N5. The van der Waals surface area contributed by atoms with Gasteiger partial charge in [-0.05, 0) is 43.7 Å². The lowest BCUT2D eigenvalue weighted by Crippen LogP contribution is -2.14. The van der Waals surface area contributed by atoms with Gasteiger partial charge in [-0.2, -0.15) is 0 Å². The fourth-order valence-corrected chi connectivity index (χ4v) is 2.06. The SMILES string of the molecule is Cc1ccc(-n2nnc(C3CCCN3)n2)cc1. The third-order valence-electron chi connectivity index (χ3n) is 3.07. The Morgan fingerprint density at radius 3 is 2.82 bits per heavy atom. The molecule has 1 atom stereocenters. The lowest BCUT2D eigenvalue weighted by atomic mass is 10.2.